The Morgan fingerprint density at radius 3 is 3.00 bits per heavy atom. The lowest BCUT2D eigenvalue weighted by molar-refractivity contribution is -0.121. The number of nitrogens with one attached hydrogen (secondary N) is 1. The first-order valence-corrected chi connectivity index (χ1v) is 8.25. The van der Waals surface area contributed by atoms with Crippen molar-refractivity contribution in [2.75, 3.05) is 5.32 Å². The highest BCUT2D eigenvalue weighted by Crippen LogP contribution is 2.48. The lowest BCUT2D eigenvalue weighted by Crippen LogP contribution is -2.27. The van der Waals surface area contributed by atoms with Gasteiger partial charge in [0.2, 0.25) is 5.91 Å². The summed E-state index contributed by atoms with van der Waals surface area (Å²) in [6, 6.07) is 5.61. The predicted molar refractivity (Wildman–Crippen MR) is 82.2 cm³/mol. The molecule has 2 fully saturated rings. The van der Waals surface area contributed by atoms with Crippen molar-refractivity contribution in [2.24, 2.45) is 17.8 Å². The number of amides is 1. The Balaban J connectivity index is 1.53. The fraction of sp³-hybridized carbons (Fsp3) is 0.467. The summed E-state index contributed by atoms with van der Waals surface area (Å²) in [4.78, 5) is 16.8. The van der Waals surface area contributed by atoms with Gasteiger partial charge in [-0.3, -0.25) is 4.79 Å². The summed E-state index contributed by atoms with van der Waals surface area (Å²) < 4.78 is 1.01. The number of thiazole rings is 1. The van der Waals surface area contributed by atoms with Crippen LogP contribution in [0.4, 0.5) is 5.13 Å². The van der Waals surface area contributed by atoms with Crippen LogP contribution in [0.25, 0.3) is 10.2 Å². The fourth-order valence-corrected chi connectivity index (χ4v) is 4.86. The first-order chi connectivity index (χ1) is 9.69. The molecule has 2 bridgehead atoms. The maximum absolute atomic E-state index is 12.4. The second-order valence-electron chi connectivity index (χ2n) is 5.90. The summed E-state index contributed by atoms with van der Waals surface area (Å²) >= 11 is 7.46. The van der Waals surface area contributed by atoms with Gasteiger partial charge in [0.25, 0.3) is 0 Å². The Morgan fingerprint density at radius 2 is 2.25 bits per heavy atom. The molecule has 1 heterocycles. The molecule has 0 spiro atoms. The number of hydrogen-bond donors (Lipinski definition) is 1. The molecule has 2 aliphatic rings. The van der Waals surface area contributed by atoms with Crippen molar-refractivity contribution in [1.82, 2.24) is 4.98 Å². The lowest BCUT2D eigenvalue weighted by atomic mass is 9.88. The average molecular weight is 307 g/mol. The van der Waals surface area contributed by atoms with Gasteiger partial charge in [0, 0.05) is 10.9 Å². The number of rotatable bonds is 2. The summed E-state index contributed by atoms with van der Waals surface area (Å²) in [6.07, 6.45) is 4.84. The summed E-state index contributed by atoms with van der Waals surface area (Å²) in [7, 11) is 0. The molecule has 3 atom stereocenters. The topological polar surface area (TPSA) is 42.0 Å². The minimum atomic E-state index is 0.155. The number of nitrogens with zero attached hydrogens (tertiary/aromatic N) is 1. The number of anilines is 1. The lowest BCUT2D eigenvalue weighted by Gasteiger charge is -2.19. The molecule has 0 radical (unpaired) electrons. The van der Waals surface area contributed by atoms with Crippen molar-refractivity contribution in [3.63, 3.8) is 0 Å². The molecular weight excluding hydrogens is 292 g/mol. The molecule has 5 heteroatoms. The highest BCUT2D eigenvalue weighted by atomic mass is 35.5. The van der Waals surface area contributed by atoms with Gasteiger partial charge in [-0.25, -0.2) is 4.98 Å². The number of halogens is 1. The third-order valence-electron chi connectivity index (χ3n) is 4.66. The Bertz CT molecular complexity index is 684. The Morgan fingerprint density at radius 1 is 1.35 bits per heavy atom. The standard InChI is InChI=1S/C15H15ClN2OS/c16-10-3-4-12-13(7-10)20-15(17-12)18-14(19)11-6-8-1-2-9(11)5-8/h3-4,7-9,11H,1-2,5-6H2,(H,17,18,19)/t8-,9-,11-/m0/s1. The van der Waals surface area contributed by atoms with Crippen LogP contribution in [0.15, 0.2) is 18.2 Å². The number of carbonyl (C=O) groups excluding carboxylic acids is 1. The molecule has 0 unspecified atom stereocenters. The molecule has 1 N–H and O–H groups in total. The van der Waals surface area contributed by atoms with Gasteiger partial charge >= 0.3 is 0 Å². The molecule has 1 amide bonds. The zero-order valence-corrected chi connectivity index (χ0v) is 12.5. The molecule has 20 heavy (non-hydrogen) atoms. The molecule has 1 aromatic carbocycles. The van der Waals surface area contributed by atoms with E-state index in [0.29, 0.717) is 16.1 Å². The summed E-state index contributed by atoms with van der Waals surface area (Å²) in [5.74, 6) is 1.74. The first kappa shape index (κ1) is 12.6. The minimum Gasteiger partial charge on any atom is -0.302 e. The van der Waals surface area contributed by atoms with Crippen LogP contribution in [0.1, 0.15) is 25.7 Å². The van der Waals surface area contributed by atoms with Gasteiger partial charge in [0.05, 0.1) is 10.2 Å². The van der Waals surface area contributed by atoms with Crippen LogP contribution in [-0.4, -0.2) is 10.9 Å². The Kier molecular flexibility index (Phi) is 2.97. The van der Waals surface area contributed by atoms with Crippen LogP contribution < -0.4 is 5.32 Å². The van der Waals surface area contributed by atoms with Gasteiger partial charge in [-0.1, -0.05) is 29.4 Å². The van der Waals surface area contributed by atoms with Crippen molar-refractivity contribution in [2.45, 2.75) is 25.7 Å². The second kappa shape index (κ2) is 4.71. The van der Waals surface area contributed by atoms with Gasteiger partial charge in [-0.2, -0.15) is 0 Å². The van der Waals surface area contributed by atoms with E-state index in [0.717, 1.165) is 22.6 Å². The highest BCUT2D eigenvalue weighted by molar-refractivity contribution is 7.22. The first-order valence-electron chi connectivity index (χ1n) is 7.06. The van der Waals surface area contributed by atoms with E-state index in [1.165, 1.54) is 30.6 Å². The minimum absolute atomic E-state index is 0.155. The van der Waals surface area contributed by atoms with Crippen LogP contribution in [0.5, 0.6) is 0 Å². The molecule has 2 aliphatic carbocycles. The van der Waals surface area contributed by atoms with E-state index in [9.17, 15) is 4.79 Å². The van der Waals surface area contributed by atoms with Crippen molar-refractivity contribution in [3.05, 3.63) is 23.2 Å². The van der Waals surface area contributed by atoms with Crippen molar-refractivity contribution >= 4 is 44.2 Å². The van der Waals surface area contributed by atoms with Gasteiger partial charge < -0.3 is 5.32 Å². The maximum Gasteiger partial charge on any atom is 0.229 e. The second-order valence-corrected chi connectivity index (χ2v) is 7.37. The molecule has 2 saturated carbocycles. The van der Waals surface area contributed by atoms with Crippen LogP contribution in [0.2, 0.25) is 5.02 Å². The van der Waals surface area contributed by atoms with E-state index in [4.69, 9.17) is 11.6 Å². The normalized spacial score (nSPS) is 28.1. The third kappa shape index (κ3) is 2.11. The molecule has 104 valence electrons. The predicted octanol–water partition coefficient (Wildman–Crippen LogP) is 4.32. The van der Waals surface area contributed by atoms with Gasteiger partial charge in [0.15, 0.2) is 5.13 Å². The van der Waals surface area contributed by atoms with Crippen LogP contribution in [-0.2, 0) is 4.79 Å². The largest absolute Gasteiger partial charge is 0.302 e. The third-order valence-corrected chi connectivity index (χ3v) is 5.82. The zero-order chi connectivity index (χ0) is 13.7. The van der Waals surface area contributed by atoms with E-state index in [-0.39, 0.29) is 11.8 Å². The zero-order valence-electron chi connectivity index (χ0n) is 10.9. The fourth-order valence-electron chi connectivity index (χ4n) is 3.72. The number of benzene rings is 1. The number of fused-ring (bicyclic) bond motifs is 3. The van der Waals surface area contributed by atoms with Crippen LogP contribution in [0, 0.1) is 17.8 Å². The SMILES string of the molecule is O=C(Nc1nc2ccc(Cl)cc2s1)[C@H]1C[C@H]2CC[C@H]1C2. The molecule has 0 saturated heterocycles. The van der Waals surface area contributed by atoms with Crippen molar-refractivity contribution in [1.29, 1.82) is 0 Å². The van der Waals surface area contributed by atoms with Gasteiger partial charge in [0.1, 0.15) is 0 Å². The van der Waals surface area contributed by atoms with Crippen LogP contribution in [0.3, 0.4) is 0 Å². The van der Waals surface area contributed by atoms with E-state index in [1.54, 1.807) is 0 Å². The molecule has 0 aliphatic heterocycles. The van der Waals surface area contributed by atoms with Crippen LogP contribution >= 0.6 is 22.9 Å². The molecule has 1 aromatic heterocycles. The monoisotopic (exact) mass is 306 g/mol. The number of aromatic nitrogens is 1. The van der Waals surface area contributed by atoms with Crippen molar-refractivity contribution in [3.8, 4) is 0 Å². The van der Waals surface area contributed by atoms with Gasteiger partial charge in [-0.05, 0) is 49.3 Å². The molecule has 2 aromatic rings. The molecule has 3 nitrogen and oxygen atoms in total. The highest BCUT2D eigenvalue weighted by Gasteiger charge is 2.43. The van der Waals surface area contributed by atoms with E-state index in [2.05, 4.69) is 10.3 Å². The molecular formula is C15H15ClN2OS. The Hall–Kier alpha value is -1.13. The smallest absolute Gasteiger partial charge is 0.229 e. The van der Waals surface area contributed by atoms with E-state index in [1.807, 2.05) is 18.2 Å². The average Bonchev–Trinajstić information content (AvgIpc) is 3.11. The molecule has 4 rings (SSSR count). The number of hydrogen-bond acceptors (Lipinski definition) is 3. The van der Waals surface area contributed by atoms with E-state index < -0.39 is 0 Å². The quantitative estimate of drug-likeness (QED) is 0.897. The number of carbonyl (C=O) groups is 1. The van der Waals surface area contributed by atoms with Crippen molar-refractivity contribution < 1.29 is 4.79 Å². The Labute approximate surface area is 126 Å². The summed E-state index contributed by atoms with van der Waals surface area (Å²) in [5, 5.41) is 4.39. The summed E-state index contributed by atoms with van der Waals surface area (Å²) in [5.41, 5.74) is 0.891. The maximum atomic E-state index is 12.4. The van der Waals surface area contributed by atoms with E-state index >= 15 is 0 Å². The van der Waals surface area contributed by atoms with Gasteiger partial charge in [-0.15, -0.1) is 0 Å². The summed E-state index contributed by atoms with van der Waals surface area (Å²) in [6.45, 7) is 0.